The van der Waals surface area contributed by atoms with Crippen molar-refractivity contribution in [2.24, 2.45) is 0 Å². The molecule has 1 aromatic carbocycles. The summed E-state index contributed by atoms with van der Waals surface area (Å²) in [4.78, 5) is 17.6. The summed E-state index contributed by atoms with van der Waals surface area (Å²) in [5.41, 5.74) is 2.55. The van der Waals surface area contributed by atoms with Crippen molar-refractivity contribution >= 4 is 22.5 Å². The zero-order valence-corrected chi connectivity index (χ0v) is 14.7. The second-order valence-corrected chi connectivity index (χ2v) is 6.91. The minimum atomic E-state index is -0.644. The summed E-state index contributed by atoms with van der Waals surface area (Å²) in [6, 6.07) is 15.0. The fraction of sp³-hybridized carbons (Fsp3) is 0.190. The fourth-order valence-corrected chi connectivity index (χ4v) is 3.37. The third kappa shape index (κ3) is 2.61. The molecule has 3 aromatic heterocycles. The van der Waals surface area contributed by atoms with Crippen LogP contribution in [0.1, 0.15) is 24.2 Å². The van der Waals surface area contributed by atoms with Crippen LogP contribution in [0.5, 0.6) is 0 Å². The summed E-state index contributed by atoms with van der Waals surface area (Å²) in [7, 11) is 0. The zero-order valence-electron chi connectivity index (χ0n) is 14.7. The van der Waals surface area contributed by atoms with E-state index in [0.29, 0.717) is 17.2 Å². The first kappa shape index (κ1) is 15.8. The van der Waals surface area contributed by atoms with Crippen molar-refractivity contribution in [3.05, 3.63) is 66.2 Å². The van der Waals surface area contributed by atoms with Crippen LogP contribution < -0.4 is 5.32 Å². The normalized spacial score (nSPS) is 15.0. The summed E-state index contributed by atoms with van der Waals surface area (Å²) in [6.45, 7) is 1.95. The van der Waals surface area contributed by atoms with Gasteiger partial charge in [-0.25, -0.2) is 0 Å². The first-order valence-electron chi connectivity index (χ1n) is 8.85. The van der Waals surface area contributed by atoms with Gasteiger partial charge in [-0.1, -0.05) is 11.2 Å². The minimum Gasteiger partial charge on any atom is -0.461 e. The van der Waals surface area contributed by atoms with Crippen molar-refractivity contribution in [2.45, 2.75) is 25.2 Å². The van der Waals surface area contributed by atoms with Gasteiger partial charge in [0.2, 0.25) is 11.7 Å². The van der Waals surface area contributed by atoms with Crippen LogP contribution in [-0.2, 0) is 10.2 Å². The molecule has 0 atom stereocenters. The van der Waals surface area contributed by atoms with Gasteiger partial charge in [-0.05, 0) is 56.2 Å². The number of carbonyl (C=O) groups is 1. The molecular weight excluding hydrogens is 342 g/mol. The third-order valence-corrected chi connectivity index (χ3v) is 5.07. The van der Waals surface area contributed by atoms with E-state index in [4.69, 9.17) is 8.94 Å². The molecule has 1 saturated carbocycles. The topological polar surface area (TPSA) is 81.2 Å². The molecule has 1 amide bonds. The van der Waals surface area contributed by atoms with Gasteiger partial charge in [0.1, 0.15) is 0 Å². The average molecular weight is 359 g/mol. The van der Waals surface area contributed by atoms with Crippen molar-refractivity contribution < 1.29 is 13.7 Å². The summed E-state index contributed by atoms with van der Waals surface area (Å²) >= 11 is 0. The van der Waals surface area contributed by atoms with Crippen LogP contribution in [0.4, 0.5) is 5.69 Å². The largest absolute Gasteiger partial charge is 0.461 e. The molecule has 134 valence electrons. The molecule has 5 rings (SSSR count). The highest BCUT2D eigenvalue weighted by Gasteiger charge is 2.54. The van der Waals surface area contributed by atoms with Crippen LogP contribution >= 0.6 is 0 Å². The first-order valence-corrected chi connectivity index (χ1v) is 8.85. The number of furan rings is 1. The molecule has 0 radical (unpaired) electrons. The van der Waals surface area contributed by atoms with Crippen LogP contribution in [0.15, 0.2) is 63.7 Å². The van der Waals surface area contributed by atoms with Crippen molar-refractivity contribution in [1.82, 2.24) is 10.1 Å². The number of pyridine rings is 1. The highest BCUT2D eigenvalue weighted by molar-refractivity contribution is 6.06. The lowest BCUT2D eigenvalue weighted by Crippen LogP contribution is -2.28. The Morgan fingerprint density at radius 3 is 2.78 bits per heavy atom. The molecule has 0 unspecified atom stereocenters. The van der Waals surface area contributed by atoms with Gasteiger partial charge < -0.3 is 14.3 Å². The minimum absolute atomic E-state index is 0.0742. The molecule has 0 saturated heterocycles. The first-order chi connectivity index (χ1) is 13.2. The van der Waals surface area contributed by atoms with Gasteiger partial charge in [0.25, 0.3) is 0 Å². The molecule has 0 spiro atoms. The van der Waals surface area contributed by atoms with Crippen LogP contribution in [-0.4, -0.2) is 16.0 Å². The van der Waals surface area contributed by atoms with Gasteiger partial charge in [-0.3, -0.25) is 9.78 Å². The van der Waals surface area contributed by atoms with Crippen molar-refractivity contribution in [3.8, 4) is 11.5 Å². The molecule has 0 aliphatic heterocycles. The molecule has 6 nitrogen and oxygen atoms in total. The van der Waals surface area contributed by atoms with E-state index < -0.39 is 5.41 Å². The predicted octanol–water partition coefficient (Wildman–Crippen LogP) is 4.46. The van der Waals surface area contributed by atoms with Crippen LogP contribution in [0.25, 0.3) is 22.4 Å². The van der Waals surface area contributed by atoms with Crippen molar-refractivity contribution in [3.63, 3.8) is 0 Å². The standard InChI is InChI=1S/C21H17N3O3/c1-13-7-8-14-15(22-13)4-2-5-16(14)23-20(25)21(9-10-21)19-12-18(27-24-19)17-6-3-11-26-17/h2-8,11-12H,9-10H2,1H3,(H,23,25). The Bertz CT molecular complexity index is 1140. The number of anilines is 1. The molecule has 27 heavy (non-hydrogen) atoms. The number of nitrogens with zero attached hydrogens (tertiary/aromatic N) is 2. The summed E-state index contributed by atoms with van der Waals surface area (Å²) in [6.07, 6.45) is 3.06. The number of rotatable bonds is 4. The number of hydrogen-bond acceptors (Lipinski definition) is 5. The van der Waals surface area contributed by atoms with E-state index in [2.05, 4.69) is 15.5 Å². The number of fused-ring (bicyclic) bond motifs is 1. The Kier molecular flexibility index (Phi) is 3.40. The number of amides is 1. The number of aryl methyl sites for hydroxylation is 1. The van der Waals surface area contributed by atoms with Crippen LogP contribution in [0.2, 0.25) is 0 Å². The third-order valence-electron chi connectivity index (χ3n) is 5.07. The Hall–Kier alpha value is -3.41. The summed E-state index contributed by atoms with van der Waals surface area (Å²) in [5, 5.41) is 8.12. The predicted molar refractivity (Wildman–Crippen MR) is 100 cm³/mol. The smallest absolute Gasteiger partial charge is 0.236 e. The van der Waals surface area contributed by atoms with Gasteiger partial charge in [0, 0.05) is 17.1 Å². The number of carbonyl (C=O) groups excluding carboxylic acids is 1. The van der Waals surface area contributed by atoms with Gasteiger partial charge >= 0.3 is 0 Å². The Morgan fingerprint density at radius 2 is 2.00 bits per heavy atom. The van der Waals surface area contributed by atoms with E-state index in [-0.39, 0.29) is 5.91 Å². The number of benzene rings is 1. The Labute approximate surface area is 155 Å². The molecule has 3 heterocycles. The van der Waals surface area contributed by atoms with Crippen LogP contribution in [0, 0.1) is 6.92 Å². The van der Waals surface area contributed by atoms with Gasteiger partial charge in [0.15, 0.2) is 5.76 Å². The van der Waals surface area contributed by atoms with Crippen molar-refractivity contribution in [2.75, 3.05) is 5.32 Å². The van der Waals surface area contributed by atoms with Crippen LogP contribution in [0.3, 0.4) is 0 Å². The molecule has 1 aliphatic rings. The van der Waals surface area contributed by atoms with E-state index in [1.165, 1.54) is 0 Å². The molecule has 0 bridgehead atoms. The highest BCUT2D eigenvalue weighted by atomic mass is 16.5. The van der Waals surface area contributed by atoms with Crippen molar-refractivity contribution in [1.29, 1.82) is 0 Å². The SMILES string of the molecule is Cc1ccc2c(NC(=O)C3(c4cc(-c5ccco5)on4)CC3)cccc2n1. The second kappa shape index (κ2) is 5.81. The van der Waals surface area contributed by atoms with E-state index >= 15 is 0 Å². The lowest BCUT2D eigenvalue weighted by Gasteiger charge is -2.14. The zero-order chi connectivity index (χ0) is 18.4. The van der Waals surface area contributed by atoms with E-state index in [9.17, 15) is 4.79 Å². The quantitative estimate of drug-likeness (QED) is 0.582. The molecule has 1 N–H and O–H groups in total. The maximum Gasteiger partial charge on any atom is 0.236 e. The number of hydrogen-bond donors (Lipinski definition) is 1. The van der Waals surface area contributed by atoms with E-state index in [1.807, 2.05) is 37.3 Å². The maximum atomic E-state index is 13.1. The van der Waals surface area contributed by atoms with Gasteiger partial charge in [-0.15, -0.1) is 0 Å². The highest BCUT2D eigenvalue weighted by Crippen LogP contribution is 2.49. The maximum absolute atomic E-state index is 13.1. The molecule has 1 aliphatic carbocycles. The monoisotopic (exact) mass is 359 g/mol. The second-order valence-electron chi connectivity index (χ2n) is 6.91. The molecule has 6 heteroatoms. The lowest BCUT2D eigenvalue weighted by atomic mass is 10.0. The van der Waals surface area contributed by atoms with E-state index in [0.717, 1.165) is 35.1 Å². The molecular formula is C21H17N3O3. The molecule has 1 fully saturated rings. The fourth-order valence-electron chi connectivity index (χ4n) is 3.37. The molecule has 4 aromatic rings. The number of nitrogens with one attached hydrogen (secondary N) is 1. The lowest BCUT2D eigenvalue weighted by molar-refractivity contribution is -0.118. The summed E-state index contributed by atoms with van der Waals surface area (Å²) < 4.78 is 10.7. The Morgan fingerprint density at radius 1 is 1.11 bits per heavy atom. The number of aromatic nitrogens is 2. The van der Waals surface area contributed by atoms with E-state index in [1.54, 1.807) is 24.5 Å². The van der Waals surface area contributed by atoms with Gasteiger partial charge in [0.05, 0.1) is 28.6 Å². The summed E-state index contributed by atoms with van der Waals surface area (Å²) in [5.74, 6) is 1.05. The van der Waals surface area contributed by atoms with Gasteiger partial charge in [-0.2, -0.15) is 0 Å². The average Bonchev–Trinajstić information content (AvgIpc) is 3.08. The Balaban J connectivity index is 1.45.